The molecule has 7 heteroatoms. The molecule has 1 saturated heterocycles. The van der Waals surface area contributed by atoms with Gasteiger partial charge >= 0.3 is 0 Å². The zero-order valence-corrected chi connectivity index (χ0v) is 19.1. The van der Waals surface area contributed by atoms with Gasteiger partial charge in [-0.1, -0.05) is 26.0 Å². The van der Waals surface area contributed by atoms with Gasteiger partial charge in [0.2, 0.25) is 5.91 Å². The van der Waals surface area contributed by atoms with Gasteiger partial charge in [0.25, 0.3) is 0 Å². The Bertz CT molecular complexity index is 1040. The molecule has 1 aromatic carbocycles. The van der Waals surface area contributed by atoms with Gasteiger partial charge in [0, 0.05) is 56.1 Å². The summed E-state index contributed by atoms with van der Waals surface area (Å²) in [5.74, 6) is 3.27. The highest BCUT2D eigenvalue weighted by Crippen LogP contribution is 2.30. The molecule has 4 rings (SSSR count). The van der Waals surface area contributed by atoms with Crippen LogP contribution >= 0.6 is 0 Å². The largest absolute Gasteiger partial charge is 0.497 e. The predicted octanol–water partition coefficient (Wildman–Crippen LogP) is 4.13. The van der Waals surface area contributed by atoms with Crippen molar-refractivity contribution >= 4 is 5.91 Å². The van der Waals surface area contributed by atoms with E-state index in [2.05, 4.69) is 23.8 Å². The summed E-state index contributed by atoms with van der Waals surface area (Å²) in [6, 6.07) is 7.92. The summed E-state index contributed by atoms with van der Waals surface area (Å²) in [5.41, 5.74) is 2.09. The molecule has 7 nitrogen and oxygen atoms in total. The molecule has 0 radical (unpaired) electrons. The monoisotopic (exact) mass is 433 g/mol. The Labute approximate surface area is 189 Å². The summed E-state index contributed by atoms with van der Waals surface area (Å²) >= 11 is 0. The summed E-state index contributed by atoms with van der Waals surface area (Å²) in [5, 5.41) is 0. The molecule has 1 fully saturated rings. The van der Waals surface area contributed by atoms with Crippen molar-refractivity contribution in [1.82, 2.24) is 24.4 Å². The summed E-state index contributed by atoms with van der Waals surface area (Å²) in [4.78, 5) is 28.8. The van der Waals surface area contributed by atoms with Gasteiger partial charge in [-0.15, -0.1) is 0 Å². The lowest BCUT2D eigenvalue weighted by Gasteiger charge is -2.33. The van der Waals surface area contributed by atoms with Gasteiger partial charge < -0.3 is 9.64 Å². The fourth-order valence-electron chi connectivity index (χ4n) is 4.36. The third kappa shape index (κ3) is 4.82. The quantitative estimate of drug-likeness (QED) is 0.560. The van der Waals surface area contributed by atoms with Crippen LogP contribution in [0.3, 0.4) is 0 Å². The standard InChI is InChI=1S/C25H31N5O2/c1-18(2)24-28-14-16-30(24)25-23(26-12-13-27-25)20-5-4-15-29(17-20)22(31)11-8-19-6-9-21(32-3)10-7-19/h6-7,9-10,12-14,16,18,20H,4-5,8,11,15,17H2,1-3H3. The van der Waals surface area contributed by atoms with Crippen molar-refractivity contribution in [3.8, 4) is 11.6 Å². The number of hydrogen-bond donors (Lipinski definition) is 0. The van der Waals surface area contributed by atoms with Gasteiger partial charge in [0.15, 0.2) is 5.82 Å². The summed E-state index contributed by atoms with van der Waals surface area (Å²) in [6.45, 7) is 5.73. The van der Waals surface area contributed by atoms with E-state index in [1.54, 1.807) is 19.5 Å². The van der Waals surface area contributed by atoms with Crippen LogP contribution in [0.1, 0.15) is 62.0 Å². The van der Waals surface area contributed by atoms with E-state index in [-0.39, 0.29) is 17.7 Å². The maximum absolute atomic E-state index is 13.0. The average molecular weight is 434 g/mol. The van der Waals surface area contributed by atoms with Gasteiger partial charge in [0.1, 0.15) is 11.6 Å². The lowest BCUT2D eigenvalue weighted by molar-refractivity contribution is -0.132. The number of amides is 1. The molecule has 2 aromatic heterocycles. The van der Waals surface area contributed by atoms with Crippen molar-refractivity contribution in [1.29, 1.82) is 0 Å². The molecule has 1 atom stereocenters. The summed E-state index contributed by atoms with van der Waals surface area (Å²) in [7, 11) is 1.66. The second-order valence-electron chi connectivity index (χ2n) is 8.60. The lowest BCUT2D eigenvalue weighted by atomic mass is 9.93. The molecule has 1 aliphatic rings. The van der Waals surface area contributed by atoms with E-state index in [9.17, 15) is 4.79 Å². The smallest absolute Gasteiger partial charge is 0.222 e. The number of piperidine rings is 1. The van der Waals surface area contributed by atoms with Crippen LogP contribution in [-0.4, -0.2) is 50.5 Å². The van der Waals surface area contributed by atoms with Crippen LogP contribution in [0.4, 0.5) is 0 Å². The number of likely N-dealkylation sites (tertiary alicyclic amines) is 1. The molecule has 0 aliphatic carbocycles. The molecule has 0 saturated carbocycles. The predicted molar refractivity (Wildman–Crippen MR) is 123 cm³/mol. The molecule has 32 heavy (non-hydrogen) atoms. The van der Waals surface area contributed by atoms with Crippen LogP contribution in [-0.2, 0) is 11.2 Å². The number of hydrogen-bond acceptors (Lipinski definition) is 5. The normalized spacial score (nSPS) is 16.4. The van der Waals surface area contributed by atoms with E-state index in [0.29, 0.717) is 13.0 Å². The van der Waals surface area contributed by atoms with Gasteiger partial charge in [-0.2, -0.15) is 0 Å². The number of aryl methyl sites for hydroxylation is 1. The highest BCUT2D eigenvalue weighted by molar-refractivity contribution is 5.76. The van der Waals surface area contributed by atoms with Gasteiger partial charge in [-0.05, 0) is 37.0 Å². The average Bonchev–Trinajstić information content (AvgIpc) is 3.33. The Morgan fingerprint density at radius 1 is 1.12 bits per heavy atom. The SMILES string of the molecule is COc1ccc(CCC(=O)N2CCCC(c3nccnc3-n3ccnc3C(C)C)C2)cc1. The Morgan fingerprint density at radius 3 is 2.66 bits per heavy atom. The Hall–Kier alpha value is -3.22. The number of carbonyl (C=O) groups excluding carboxylic acids is 1. The van der Waals surface area contributed by atoms with Gasteiger partial charge in [0.05, 0.1) is 12.8 Å². The van der Waals surface area contributed by atoms with Crippen LogP contribution in [0.5, 0.6) is 5.75 Å². The topological polar surface area (TPSA) is 73.1 Å². The minimum Gasteiger partial charge on any atom is -0.497 e. The number of ether oxygens (including phenoxy) is 1. The number of nitrogens with zero attached hydrogens (tertiary/aromatic N) is 5. The van der Waals surface area contributed by atoms with E-state index >= 15 is 0 Å². The van der Waals surface area contributed by atoms with Crippen LogP contribution in [0, 0.1) is 0 Å². The molecule has 3 aromatic rings. The second kappa shape index (κ2) is 9.94. The molecule has 0 bridgehead atoms. The van der Waals surface area contributed by atoms with Crippen molar-refractivity contribution in [2.45, 2.75) is 51.4 Å². The molecule has 168 valence electrons. The van der Waals surface area contributed by atoms with Crippen LogP contribution in [0.15, 0.2) is 49.1 Å². The summed E-state index contributed by atoms with van der Waals surface area (Å²) < 4.78 is 7.25. The van der Waals surface area contributed by atoms with Crippen LogP contribution in [0.2, 0.25) is 0 Å². The highest BCUT2D eigenvalue weighted by Gasteiger charge is 2.28. The molecule has 3 heterocycles. The first-order valence-electron chi connectivity index (χ1n) is 11.3. The number of benzene rings is 1. The fraction of sp³-hybridized carbons (Fsp3) is 0.440. The third-order valence-corrected chi connectivity index (χ3v) is 6.07. The number of methoxy groups -OCH3 is 1. The van der Waals surface area contributed by atoms with Crippen molar-refractivity contribution in [3.63, 3.8) is 0 Å². The van der Waals surface area contributed by atoms with Crippen molar-refractivity contribution in [2.24, 2.45) is 0 Å². The van der Waals surface area contributed by atoms with E-state index in [1.165, 1.54) is 0 Å². The minimum absolute atomic E-state index is 0.166. The van der Waals surface area contributed by atoms with Crippen molar-refractivity contribution in [3.05, 3.63) is 66.1 Å². The highest BCUT2D eigenvalue weighted by atomic mass is 16.5. The maximum atomic E-state index is 13.0. The van der Waals surface area contributed by atoms with Gasteiger partial charge in [-0.3, -0.25) is 14.3 Å². The van der Waals surface area contributed by atoms with E-state index in [4.69, 9.17) is 9.72 Å². The van der Waals surface area contributed by atoms with Gasteiger partial charge in [-0.25, -0.2) is 9.97 Å². The number of imidazole rings is 1. The Morgan fingerprint density at radius 2 is 1.91 bits per heavy atom. The lowest BCUT2D eigenvalue weighted by Crippen LogP contribution is -2.39. The zero-order chi connectivity index (χ0) is 22.5. The minimum atomic E-state index is 0.166. The summed E-state index contributed by atoms with van der Waals surface area (Å²) in [6.07, 6.45) is 10.4. The molecule has 1 aliphatic heterocycles. The van der Waals surface area contributed by atoms with Crippen molar-refractivity contribution in [2.75, 3.05) is 20.2 Å². The third-order valence-electron chi connectivity index (χ3n) is 6.07. The first-order chi connectivity index (χ1) is 15.6. The molecule has 1 amide bonds. The Kier molecular flexibility index (Phi) is 6.83. The van der Waals surface area contributed by atoms with E-state index in [0.717, 1.165) is 54.5 Å². The van der Waals surface area contributed by atoms with Crippen LogP contribution in [0.25, 0.3) is 5.82 Å². The van der Waals surface area contributed by atoms with E-state index in [1.807, 2.05) is 46.1 Å². The Balaban J connectivity index is 1.46. The first kappa shape index (κ1) is 22.0. The van der Waals surface area contributed by atoms with Crippen molar-refractivity contribution < 1.29 is 9.53 Å². The number of rotatable bonds is 7. The molecule has 1 unspecified atom stereocenters. The fourth-order valence-corrected chi connectivity index (χ4v) is 4.36. The first-order valence-corrected chi connectivity index (χ1v) is 11.3. The van der Waals surface area contributed by atoms with E-state index < -0.39 is 0 Å². The molecular weight excluding hydrogens is 402 g/mol. The molecule has 0 N–H and O–H groups in total. The number of aromatic nitrogens is 4. The van der Waals surface area contributed by atoms with Crippen LogP contribution < -0.4 is 4.74 Å². The second-order valence-corrected chi connectivity index (χ2v) is 8.60. The molecular formula is C25H31N5O2. The maximum Gasteiger partial charge on any atom is 0.222 e. The number of carbonyl (C=O) groups is 1. The zero-order valence-electron chi connectivity index (χ0n) is 19.1. The molecule has 0 spiro atoms.